The van der Waals surface area contributed by atoms with Crippen LogP contribution in [-0.4, -0.2) is 32.6 Å². The van der Waals surface area contributed by atoms with Crippen molar-refractivity contribution in [2.75, 3.05) is 20.8 Å². The second-order valence-corrected chi connectivity index (χ2v) is 5.82. The van der Waals surface area contributed by atoms with Crippen molar-refractivity contribution < 1.29 is 23.8 Å². The molecule has 120 valence electrons. The molecule has 0 aliphatic rings. The Hall–Kier alpha value is -2.09. The summed E-state index contributed by atoms with van der Waals surface area (Å²) in [6.45, 7) is -0.354. The number of rotatable bonds is 6. The molecule has 23 heavy (non-hydrogen) atoms. The molecule has 2 aromatic carbocycles. The summed E-state index contributed by atoms with van der Waals surface area (Å²) in [7, 11) is 2.99. The highest BCUT2D eigenvalue weighted by molar-refractivity contribution is 14.1. The molecule has 2 aromatic rings. The van der Waals surface area contributed by atoms with Crippen molar-refractivity contribution in [2.45, 2.75) is 0 Å². The van der Waals surface area contributed by atoms with Gasteiger partial charge in [0.1, 0.15) is 11.5 Å². The molecule has 0 saturated carbocycles. The van der Waals surface area contributed by atoms with Gasteiger partial charge in [-0.05, 0) is 52.9 Å². The smallest absolute Gasteiger partial charge is 0.338 e. The van der Waals surface area contributed by atoms with E-state index in [2.05, 4.69) is 22.6 Å². The number of methoxy groups -OCH3 is 2. The van der Waals surface area contributed by atoms with Gasteiger partial charge in [0.15, 0.2) is 6.61 Å². The number of carbonyl (C=O) groups is 2. The van der Waals surface area contributed by atoms with E-state index in [1.54, 1.807) is 36.4 Å². The monoisotopic (exact) mass is 426 g/mol. The van der Waals surface area contributed by atoms with Gasteiger partial charge >= 0.3 is 5.97 Å². The molecule has 0 N–H and O–H groups in total. The van der Waals surface area contributed by atoms with Gasteiger partial charge in [-0.3, -0.25) is 4.79 Å². The lowest BCUT2D eigenvalue weighted by atomic mass is 10.1. The van der Waals surface area contributed by atoms with Crippen LogP contribution in [0.15, 0.2) is 42.5 Å². The minimum absolute atomic E-state index is 0.337. The lowest BCUT2D eigenvalue weighted by Crippen LogP contribution is -2.15. The summed E-state index contributed by atoms with van der Waals surface area (Å²) in [5.41, 5.74) is 0.745. The lowest BCUT2D eigenvalue weighted by molar-refractivity contribution is 0.0474. The Morgan fingerprint density at radius 2 is 1.83 bits per heavy atom. The number of benzene rings is 2. The highest BCUT2D eigenvalue weighted by Gasteiger charge is 2.16. The Kier molecular flexibility index (Phi) is 5.97. The second-order valence-electron chi connectivity index (χ2n) is 4.58. The summed E-state index contributed by atoms with van der Waals surface area (Å²) in [6, 6.07) is 11.8. The summed E-state index contributed by atoms with van der Waals surface area (Å²) in [6.07, 6.45) is 0. The van der Waals surface area contributed by atoms with Crippen molar-refractivity contribution >= 4 is 34.3 Å². The lowest BCUT2D eigenvalue weighted by Gasteiger charge is -2.10. The number of carbonyl (C=O) groups excluding carboxylic acids is 2. The summed E-state index contributed by atoms with van der Waals surface area (Å²) in [5, 5.41) is 0. The van der Waals surface area contributed by atoms with Crippen molar-refractivity contribution in [3.8, 4) is 11.5 Å². The van der Waals surface area contributed by atoms with Crippen molar-refractivity contribution in [2.24, 2.45) is 0 Å². The predicted molar refractivity (Wildman–Crippen MR) is 93.3 cm³/mol. The Bertz CT molecular complexity index is 727. The molecular weight excluding hydrogens is 411 g/mol. The van der Waals surface area contributed by atoms with Gasteiger partial charge in [-0.25, -0.2) is 4.79 Å². The molecule has 0 saturated heterocycles. The Balaban J connectivity index is 2.06. The fraction of sp³-hybridized carbons (Fsp3) is 0.176. The Morgan fingerprint density at radius 1 is 1.04 bits per heavy atom. The molecule has 5 nitrogen and oxygen atoms in total. The van der Waals surface area contributed by atoms with E-state index in [0.29, 0.717) is 22.6 Å². The first-order valence-electron chi connectivity index (χ1n) is 6.73. The van der Waals surface area contributed by atoms with Crippen LogP contribution in [0.25, 0.3) is 0 Å². The third-order valence-corrected chi connectivity index (χ3v) is 3.77. The van der Waals surface area contributed by atoms with E-state index in [9.17, 15) is 9.59 Å². The van der Waals surface area contributed by atoms with Crippen molar-refractivity contribution in [1.82, 2.24) is 0 Å². The molecule has 0 unspecified atom stereocenters. The normalized spacial score (nSPS) is 10.0. The second kappa shape index (κ2) is 7.96. The predicted octanol–water partition coefficient (Wildman–Crippen LogP) is 3.35. The number of halogens is 1. The molecule has 0 heterocycles. The molecule has 0 aromatic heterocycles. The van der Waals surface area contributed by atoms with E-state index in [1.807, 2.05) is 6.07 Å². The van der Waals surface area contributed by atoms with Gasteiger partial charge in [0.2, 0.25) is 5.78 Å². The highest BCUT2D eigenvalue weighted by Crippen LogP contribution is 2.25. The standard InChI is InChI=1S/C17H15IO5/c1-21-13-6-7-14(16(9-13)22-2)15(19)10-23-17(20)11-4-3-5-12(18)8-11/h3-9H,10H2,1-2H3. The van der Waals surface area contributed by atoms with Gasteiger partial charge in [-0.15, -0.1) is 0 Å². The molecule has 0 atom stereocenters. The summed E-state index contributed by atoms with van der Waals surface area (Å²) in [5.74, 6) is 0.0711. The van der Waals surface area contributed by atoms with Gasteiger partial charge < -0.3 is 14.2 Å². The first-order valence-corrected chi connectivity index (χ1v) is 7.81. The average molecular weight is 426 g/mol. The molecule has 6 heteroatoms. The number of hydrogen-bond donors (Lipinski definition) is 0. The number of ketones is 1. The first kappa shape index (κ1) is 17.3. The third kappa shape index (κ3) is 4.44. The molecule has 0 bridgehead atoms. The fourth-order valence-corrected chi connectivity index (χ4v) is 2.48. The molecule has 0 aliphatic heterocycles. The van der Waals surface area contributed by atoms with Crippen LogP contribution in [0.3, 0.4) is 0 Å². The number of Topliss-reactive ketones (excluding diaryl/α,β-unsaturated/α-hetero) is 1. The van der Waals surface area contributed by atoms with Crippen LogP contribution >= 0.6 is 22.6 Å². The average Bonchev–Trinajstić information content (AvgIpc) is 2.58. The van der Waals surface area contributed by atoms with Crippen LogP contribution in [-0.2, 0) is 4.74 Å². The van der Waals surface area contributed by atoms with Crippen LogP contribution in [0.1, 0.15) is 20.7 Å². The number of ether oxygens (including phenoxy) is 3. The molecule has 2 rings (SSSR count). The summed E-state index contributed by atoms with van der Waals surface area (Å²) >= 11 is 2.10. The topological polar surface area (TPSA) is 61.8 Å². The first-order chi connectivity index (χ1) is 11.0. The van der Waals surface area contributed by atoms with E-state index in [4.69, 9.17) is 14.2 Å². The molecule has 0 radical (unpaired) electrons. The quantitative estimate of drug-likeness (QED) is 0.403. The Labute approximate surface area is 147 Å². The molecule has 0 aliphatic carbocycles. The molecule has 0 spiro atoms. The van der Waals surface area contributed by atoms with Gasteiger partial charge in [-0.1, -0.05) is 6.07 Å². The van der Waals surface area contributed by atoms with Crippen LogP contribution < -0.4 is 9.47 Å². The van der Waals surface area contributed by atoms with E-state index < -0.39 is 5.97 Å². The fourth-order valence-electron chi connectivity index (χ4n) is 1.94. The Morgan fingerprint density at radius 3 is 2.48 bits per heavy atom. The zero-order valence-corrected chi connectivity index (χ0v) is 14.8. The molecule has 0 amide bonds. The highest BCUT2D eigenvalue weighted by atomic mass is 127. The van der Waals surface area contributed by atoms with E-state index in [0.717, 1.165) is 3.57 Å². The largest absolute Gasteiger partial charge is 0.497 e. The van der Waals surface area contributed by atoms with Crippen LogP contribution in [0.2, 0.25) is 0 Å². The maximum absolute atomic E-state index is 12.2. The number of hydrogen-bond acceptors (Lipinski definition) is 5. The van der Waals surface area contributed by atoms with E-state index in [1.165, 1.54) is 14.2 Å². The molecular formula is C17H15IO5. The number of esters is 1. The van der Waals surface area contributed by atoms with Gasteiger partial charge in [0.05, 0.1) is 25.3 Å². The van der Waals surface area contributed by atoms with Crippen LogP contribution in [0, 0.1) is 3.57 Å². The van der Waals surface area contributed by atoms with Crippen molar-refractivity contribution in [3.63, 3.8) is 0 Å². The van der Waals surface area contributed by atoms with Gasteiger partial charge in [0.25, 0.3) is 0 Å². The maximum atomic E-state index is 12.2. The van der Waals surface area contributed by atoms with E-state index in [-0.39, 0.29) is 12.4 Å². The molecule has 0 fully saturated rings. The van der Waals surface area contributed by atoms with Gasteiger partial charge in [-0.2, -0.15) is 0 Å². The summed E-state index contributed by atoms with van der Waals surface area (Å²) in [4.78, 5) is 24.2. The summed E-state index contributed by atoms with van der Waals surface area (Å²) < 4.78 is 16.2. The zero-order chi connectivity index (χ0) is 16.8. The van der Waals surface area contributed by atoms with Crippen molar-refractivity contribution in [1.29, 1.82) is 0 Å². The maximum Gasteiger partial charge on any atom is 0.338 e. The van der Waals surface area contributed by atoms with Crippen molar-refractivity contribution in [3.05, 3.63) is 57.2 Å². The minimum atomic E-state index is -0.538. The SMILES string of the molecule is COc1ccc(C(=O)COC(=O)c2cccc(I)c2)c(OC)c1. The van der Waals surface area contributed by atoms with E-state index >= 15 is 0 Å². The third-order valence-electron chi connectivity index (χ3n) is 3.10. The zero-order valence-electron chi connectivity index (χ0n) is 12.7. The van der Waals surface area contributed by atoms with Gasteiger partial charge in [0, 0.05) is 9.64 Å². The van der Waals surface area contributed by atoms with Crippen LogP contribution in [0.4, 0.5) is 0 Å². The minimum Gasteiger partial charge on any atom is -0.497 e. The van der Waals surface area contributed by atoms with Crippen LogP contribution in [0.5, 0.6) is 11.5 Å².